The Balaban J connectivity index is 1.61. The third-order valence-corrected chi connectivity index (χ3v) is 11.6. The molecule has 184 valence electrons. The van der Waals surface area contributed by atoms with E-state index in [9.17, 15) is 9.90 Å². The van der Waals surface area contributed by atoms with Crippen molar-refractivity contribution in [3.05, 3.63) is 96.1 Å². The van der Waals surface area contributed by atoms with Gasteiger partial charge in [0.25, 0.3) is 8.32 Å². The third-order valence-electron chi connectivity index (χ3n) is 6.61. The fourth-order valence-corrected chi connectivity index (χ4v) is 9.40. The SMILES string of the molecule is Cc1ccc(C(=O)O[C@H]2CC(O)O[C@@H]2CO[Si](c2ccccc2)(c2ccccc2)C(C)(C)C)cc1. The molecule has 1 fully saturated rings. The number of benzene rings is 3. The first kappa shape index (κ1) is 25.3. The van der Waals surface area contributed by atoms with Crippen molar-refractivity contribution in [2.45, 2.75) is 57.7 Å². The summed E-state index contributed by atoms with van der Waals surface area (Å²) in [7, 11) is -2.78. The van der Waals surface area contributed by atoms with Crippen LogP contribution in [0.1, 0.15) is 43.1 Å². The van der Waals surface area contributed by atoms with Crippen molar-refractivity contribution in [1.82, 2.24) is 0 Å². The molecular formula is C29H34O5Si. The number of aliphatic hydroxyl groups is 1. The first-order valence-corrected chi connectivity index (χ1v) is 14.0. The summed E-state index contributed by atoms with van der Waals surface area (Å²) in [6.07, 6.45) is -1.96. The van der Waals surface area contributed by atoms with Crippen molar-refractivity contribution in [3.63, 3.8) is 0 Å². The normalized spacial score (nSPS) is 20.5. The molecule has 1 heterocycles. The number of rotatable bonds is 7. The maximum absolute atomic E-state index is 12.8. The molecule has 0 aromatic heterocycles. The van der Waals surface area contributed by atoms with Crippen LogP contribution in [-0.4, -0.2) is 44.5 Å². The van der Waals surface area contributed by atoms with Crippen LogP contribution in [0.2, 0.25) is 5.04 Å². The molecule has 1 aliphatic heterocycles. The second kappa shape index (κ2) is 10.5. The molecule has 1 saturated heterocycles. The zero-order valence-corrected chi connectivity index (χ0v) is 21.8. The lowest BCUT2D eigenvalue weighted by Gasteiger charge is -2.43. The molecule has 0 aliphatic carbocycles. The molecule has 3 aromatic carbocycles. The van der Waals surface area contributed by atoms with Gasteiger partial charge in [-0.15, -0.1) is 0 Å². The molecule has 4 rings (SSSR count). The van der Waals surface area contributed by atoms with E-state index in [0.717, 1.165) is 15.9 Å². The first-order valence-electron chi connectivity index (χ1n) is 12.1. The summed E-state index contributed by atoms with van der Waals surface area (Å²) in [5.41, 5.74) is 1.54. The lowest BCUT2D eigenvalue weighted by Crippen LogP contribution is -2.67. The summed E-state index contributed by atoms with van der Waals surface area (Å²) in [5.74, 6) is -0.428. The second-order valence-electron chi connectivity index (χ2n) is 10.1. The van der Waals surface area contributed by atoms with E-state index in [4.69, 9.17) is 13.9 Å². The molecule has 35 heavy (non-hydrogen) atoms. The molecule has 1 aliphatic rings. The van der Waals surface area contributed by atoms with Crippen molar-refractivity contribution >= 4 is 24.7 Å². The lowest BCUT2D eigenvalue weighted by molar-refractivity contribution is -0.106. The van der Waals surface area contributed by atoms with Gasteiger partial charge in [0.15, 0.2) is 6.29 Å². The van der Waals surface area contributed by atoms with Crippen molar-refractivity contribution in [2.75, 3.05) is 6.61 Å². The van der Waals surface area contributed by atoms with Gasteiger partial charge in [-0.05, 0) is 34.5 Å². The largest absolute Gasteiger partial charge is 0.456 e. The average molecular weight is 491 g/mol. The standard InChI is InChI=1S/C29H34O5Si/c1-21-15-17-22(18-16-21)28(31)34-25-19-27(30)33-26(25)20-32-35(29(2,3)4,23-11-7-5-8-12-23)24-13-9-6-10-14-24/h5-18,25-27,30H,19-20H2,1-4H3/t25-,26+,27?/m0/s1. The van der Waals surface area contributed by atoms with E-state index in [2.05, 4.69) is 45.0 Å². The number of esters is 1. The van der Waals surface area contributed by atoms with E-state index < -0.39 is 32.8 Å². The molecule has 0 spiro atoms. The minimum absolute atomic E-state index is 0.193. The molecule has 5 nitrogen and oxygen atoms in total. The minimum atomic E-state index is -2.78. The van der Waals surface area contributed by atoms with Gasteiger partial charge in [0.05, 0.1) is 12.2 Å². The van der Waals surface area contributed by atoms with Gasteiger partial charge in [0.2, 0.25) is 0 Å². The lowest BCUT2D eigenvalue weighted by atomic mass is 10.1. The predicted octanol–water partition coefficient (Wildman–Crippen LogP) is 4.20. The number of aryl methyl sites for hydroxylation is 1. The smallest absolute Gasteiger partial charge is 0.338 e. The Morgan fingerprint density at radius 2 is 1.49 bits per heavy atom. The minimum Gasteiger partial charge on any atom is -0.456 e. The number of carbonyl (C=O) groups is 1. The maximum Gasteiger partial charge on any atom is 0.338 e. The highest BCUT2D eigenvalue weighted by Crippen LogP contribution is 2.37. The number of aliphatic hydroxyl groups excluding tert-OH is 1. The van der Waals surface area contributed by atoms with Gasteiger partial charge in [-0.2, -0.15) is 0 Å². The highest BCUT2D eigenvalue weighted by Gasteiger charge is 2.51. The zero-order valence-electron chi connectivity index (χ0n) is 20.8. The van der Waals surface area contributed by atoms with Gasteiger partial charge in [-0.1, -0.05) is 99.1 Å². The van der Waals surface area contributed by atoms with Gasteiger partial charge in [-0.3, -0.25) is 0 Å². The highest BCUT2D eigenvalue weighted by molar-refractivity contribution is 6.99. The summed E-state index contributed by atoms with van der Waals surface area (Å²) in [5, 5.41) is 12.4. The number of hydrogen-bond acceptors (Lipinski definition) is 5. The number of carbonyl (C=O) groups excluding carboxylic acids is 1. The van der Waals surface area contributed by atoms with E-state index in [1.165, 1.54) is 0 Å². The molecule has 1 N–H and O–H groups in total. The molecule has 6 heteroatoms. The fourth-order valence-electron chi connectivity index (χ4n) is 4.83. The molecule has 0 amide bonds. The summed E-state index contributed by atoms with van der Waals surface area (Å²) in [4.78, 5) is 12.8. The van der Waals surface area contributed by atoms with E-state index in [-0.39, 0.29) is 18.1 Å². The van der Waals surface area contributed by atoms with E-state index in [1.54, 1.807) is 12.1 Å². The fraction of sp³-hybridized carbons (Fsp3) is 0.345. The Hall–Kier alpha value is -2.77. The van der Waals surface area contributed by atoms with Gasteiger partial charge >= 0.3 is 5.97 Å². The van der Waals surface area contributed by atoms with Crippen LogP contribution in [0.3, 0.4) is 0 Å². The van der Waals surface area contributed by atoms with Crippen LogP contribution in [0, 0.1) is 6.92 Å². The summed E-state index contributed by atoms with van der Waals surface area (Å²) in [6, 6.07) is 27.9. The first-order chi connectivity index (χ1) is 16.7. The van der Waals surface area contributed by atoms with Gasteiger partial charge in [-0.25, -0.2) is 4.79 Å². The van der Waals surface area contributed by atoms with E-state index >= 15 is 0 Å². The maximum atomic E-state index is 12.8. The quantitative estimate of drug-likeness (QED) is 0.397. The molecule has 0 bridgehead atoms. The Bertz CT molecular complexity index is 1070. The molecule has 0 saturated carbocycles. The van der Waals surface area contributed by atoms with Gasteiger partial charge < -0.3 is 19.0 Å². The monoisotopic (exact) mass is 490 g/mol. The zero-order chi connectivity index (χ0) is 25.1. The predicted molar refractivity (Wildman–Crippen MR) is 139 cm³/mol. The van der Waals surface area contributed by atoms with E-state index in [1.807, 2.05) is 55.5 Å². The topological polar surface area (TPSA) is 65.0 Å². The Morgan fingerprint density at radius 1 is 0.943 bits per heavy atom. The summed E-state index contributed by atoms with van der Waals surface area (Å²) in [6.45, 7) is 8.79. The van der Waals surface area contributed by atoms with Crippen LogP contribution in [0.5, 0.6) is 0 Å². The van der Waals surface area contributed by atoms with Gasteiger partial charge in [0.1, 0.15) is 12.2 Å². The average Bonchev–Trinajstić information content (AvgIpc) is 3.19. The Morgan fingerprint density at radius 3 is 2.00 bits per heavy atom. The van der Waals surface area contributed by atoms with Crippen LogP contribution >= 0.6 is 0 Å². The molecule has 0 radical (unpaired) electrons. The molecule has 3 aromatic rings. The number of ether oxygens (including phenoxy) is 2. The van der Waals surface area contributed by atoms with Gasteiger partial charge in [0, 0.05) is 6.42 Å². The van der Waals surface area contributed by atoms with Crippen LogP contribution in [0.15, 0.2) is 84.9 Å². The van der Waals surface area contributed by atoms with Crippen LogP contribution in [0.4, 0.5) is 0 Å². The van der Waals surface area contributed by atoms with Crippen LogP contribution < -0.4 is 10.4 Å². The Labute approximate surface area is 208 Å². The second-order valence-corrected chi connectivity index (χ2v) is 14.5. The highest BCUT2D eigenvalue weighted by atomic mass is 28.4. The van der Waals surface area contributed by atoms with Crippen LogP contribution in [-0.2, 0) is 13.9 Å². The molecular weight excluding hydrogens is 456 g/mol. The van der Waals surface area contributed by atoms with Crippen LogP contribution in [0.25, 0.3) is 0 Å². The Kier molecular flexibility index (Phi) is 7.57. The van der Waals surface area contributed by atoms with Crippen molar-refractivity contribution in [1.29, 1.82) is 0 Å². The summed E-state index contributed by atoms with van der Waals surface area (Å²) < 4.78 is 18.5. The molecule has 3 atom stereocenters. The van der Waals surface area contributed by atoms with Crippen molar-refractivity contribution in [3.8, 4) is 0 Å². The van der Waals surface area contributed by atoms with Crippen molar-refractivity contribution in [2.24, 2.45) is 0 Å². The van der Waals surface area contributed by atoms with Crippen molar-refractivity contribution < 1.29 is 23.8 Å². The number of hydrogen-bond donors (Lipinski definition) is 1. The third kappa shape index (κ3) is 5.41. The van der Waals surface area contributed by atoms with E-state index in [0.29, 0.717) is 5.56 Å². The molecule has 1 unspecified atom stereocenters. The summed E-state index contributed by atoms with van der Waals surface area (Å²) >= 11 is 0.